The molecule has 0 saturated heterocycles. The van der Waals surface area contributed by atoms with E-state index in [-0.39, 0.29) is 0 Å². The molecule has 0 fully saturated rings. The van der Waals surface area contributed by atoms with Crippen molar-refractivity contribution in [1.82, 2.24) is 15.5 Å². The average molecular weight is 335 g/mol. The molecule has 6 heteroatoms. The molecule has 2 N–H and O–H groups in total. The zero-order chi connectivity index (χ0) is 17.8. The van der Waals surface area contributed by atoms with Crippen LogP contribution in [0.25, 0.3) is 0 Å². The van der Waals surface area contributed by atoms with Crippen LogP contribution < -0.4 is 15.5 Å². The minimum Gasteiger partial charge on any atom is -0.385 e. The molecule has 136 valence electrons. The Hall–Kier alpha value is -1.79. The minimum absolute atomic E-state index is 0.761. The highest BCUT2D eigenvalue weighted by molar-refractivity contribution is 5.79. The van der Waals surface area contributed by atoms with Crippen molar-refractivity contribution in [1.29, 1.82) is 0 Å². The predicted octanol–water partition coefficient (Wildman–Crippen LogP) is 1.39. The van der Waals surface area contributed by atoms with Crippen LogP contribution in [0.4, 0.5) is 5.69 Å². The predicted molar refractivity (Wildman–Crippen MR) is 103 cm³/mol. The van der Waals surface area contributed by atoms with Gasteiger partial charge in [0.1, 0.15) is 0 Å². The maximum absolute atomic E-state index is 5.07. The second-order valence-electron chi connectivity index (χ2n) is 6.06. The molecule has 0 aliphatic carbocycles. The van der Waals surface area contributed by atoms with Gasteiger partial charge in [0.25, 0.3) is 0 Å². The van der Waals surface area contributed by atoms with Crippen LogP contribution in [-0.4, -0.2) is 72.4 Å². The van der Waals surface area contributed by atoms with E-state index in [9.17, 15) is 0 Å². The Bertz CT molecular complexity index is 473. The van der Waals surface area contributed by atoms with Crippen LogP contribution in [0.1, 0.15) is 12.0 Å². The molecule has 1 aromatic carbocycles. The normalized spacial score (nSPS) is 11.7. The summed E-state index contributed by atoms with van der Waals surface area (Å²) in [6, 6.07) is 8.53. The number of anilines is 1. The highest BCUT2D eigenvalue weighted by atomic mass is 16.5. The van der Waals surface area contributed by atoms with E-state index in [1.165, 1.54) is 11.3 Å². The molecule has 0 aromatic heterocycles. The Balaban J connectivity index is 2.27. The third-order valence-corrected chi connectivity index (χ3v) is 3.81. The molecule has 0 atom stereocenters. The van der Waals surface area contributed by atoms with Gasteiger partial charge in [0.15, 0.2) is 5.96 Å². The number of likely N-dealkylation sites (N-methyl/N-ethyl adjacent to an activating group) is 1. The number of aliphatic imine (C=N–C) groups is 1. The Morgan fingerprint density at radius 2 is 1.79 bits per heavy atom. The fourth-order valence-electron chi connectivity index (χ4n) is 2.27. The van der Waals surface area contributed by atoms with Gasteiger partial charge in [-0.1, -0.05) is 12.1 Å². The first-order valence-electron chi connectivity index (χ1n) is 8.45. The van der Waals surface area contributed by atoms with Crippen molar-refractivity contribution >= 4 is 11.6 Å². The molecule has 0 unspecified atom stereocenters. The Morgan fingerprint density at radius 3 is 2.38 bits per heavy atom. The first-order chi connectivity index (χ1) is 11.6. The van der Waals surface area contributed by atoms with Gasteiger partial charge in [-0.05, 0) is 31.2 Å². The maximum Gasteiger partial charge on any atom is 0.191 e. The van der Waals surface area contributed by atoms with Gasteiger partial charge in [0.05, 0.1) is 0 Å². The summed E-state index contributed by atoms with van der Waals surface area (Å²) in [5, 5.41) is 6.70. The Labute approximate surface area is 146 Å². The van der Waals surface area contributed by atoms with E-state index in [2.05, 4.69) is 56.7 Å². The summed E-state index contributed by atoms with van der Waals surface area (Å²) >= 11 is 0. The summed E-state index contributed by atoms with van der Waals surface area (Å²) in [5.74, 6) is 0.831. The van der Waals surface area contributed by atoms with E-state index >= 15 is 0 Å². The zero-order valence-electron chi connectivity index (χ0n) is 15.8. The van der Waals surface area contributed by atoms with Gasteiger partial charge in [-0.25, -0.2) is 0 Å². The lowest BCUT2D eigenvalue weighted by atomic mass is 10.2. The fourth-order valence-corrected chi connectivity index (χ4v) is 2.27. The molecule has 1 aromatic rings. The third-order valence-electron chi connectivity index (χ3n) is 3.81. The van der Waals surface area contributed by atoms with E-state index in [0.29, 0.717) is 0 Å². The molecular formula is C18H33N5O. The lowest BCUT2D eigenvalue weighted by Gasteiger charge is -2.18. The van der Waals surface area contributed by atoms with Gasteiger partial charge in [-0.2, -0.15) is 0 Å². The molecule has 0 radical (unpaired) electrons. The summed E-state index contributed by atoms with van der Waals surface area (Å²) < 4.78 is 5.07. The van der Waals surface area contributed by atoms with E-state index in [1.54, 1.807) is 14.2 Å². The average Bonchev–Trinajstić information content (AvgIpc) is 2.58. The van der Waals surface area contributed by atoms with E-state index in [0.717, 1.165) is 45.2 Å². The van der Waals surface area contributed by atoms with Gasteiger partial charge in [0.2, 0.25) is 0 Å². The van der Waals surface area contributed by atoms with Crippen molar-refractivity contribution in [2.75, 3.05) is 66.4 Å². The summed E-state index contributed by atoms with van der Waals surface area (Å²) in [4.78, 5) is 8.66. The number of benzene rings is 1. The standard InChI is InChI=1S/C18H33N5O/c1-19-18(20-11-13-23(4)12-6-14-24-5)21-15-16-7-9-17(10-8-16)22(2)3/h7-10H,6,11-15H2,1-5H3,(H2,19,20,21). The molecule has 0 spiro atoms. The Kier molecular flexibility index (Phi) is 9.88. The van der Waals surface area contributed by atoms with Crippen LogP contribution in [0.2, 0.25) is 0 Å². The van der Waals surface area contributed by atoms with Gasteiger partial charge in [-0.15, -0.1) is 0 Å². The van der Waals surface area contributed by atoms with Crippen molar-refractivity contribution in [3.05, 3.63) is 29.8 Å². The van der Waals surface area contributed by atoms with E-state index in [4.69, 9.17) is 4.74 Å². The monoisotopic (exact) mass is 335 g/mol. The van der Waals surface area contributed by atoms with Crippen molar-refractivity contribution in [3.63, 3.8) is 0 Å². The zero-order valence-corrected chi connectivity index (χ0v) is 15.8. The number of hydrogen-bond acceptors (Lipinski definition) is 4. The van der Waals surface area contributed by atoms with Crippen LogP contribution in [-0.2, 0) is 11.3 Å². The Morgan fingerprint density at radius 1 is 1.08 bits per heavy atom. The molecule has 0 bridgehead atoms. The lowest BCUT2D eigenvalue weighted by Crippen LogP contribution is -2.40. The van der Waals surface area contributed by atoms with Gasteiger partial charge < -0.3 is 25.2 Å². The van der Waals surface area contributed by atoms with Gasteiger partial charge in [-0.3, -0.25) is 4.99 Å². The van der Waals surface area contributed by atoms with Crippen molar-refractivity contribution in [2.24, 2.45) is 4.99 Å². The molecule has 0 amide bonds. The number of ether oxygens (including phenoxy) is 1. The smallest absolute Gasteiger partial charge is 0.191 e. The van der Waals surface area contributed by atoms with Crippen LogP contribution in [0.5, 0.6) is 0 Å². The molecule has 6 nitrogen and oxygen atoms in total. The van der Waals surface area contributed by atoms with Crippen LogP contribution >= 0.6 is 0 Å². The van der Waals surface area contributed by atoms with Crippen molar-refractivity contribution < 1.29 is 4.74 Å². The summed E-state index contributed by atoms with van der Waals surface area (Å²) in [5.41, 5.74) is 2.44. The molecule has 1 rings (SSSR count). The van der Waals surface area contributed by atoms with Gasteiger partial charge in [0, 0.05) is 66.7 Å². The number of methoxy groups -OCH3 is 1. The first kappa shape index (κ1) is 20.3. The molecule has 24 heavy (non-hydrogen) atoms. The molecular weight excluding hydrogens is 302 g/mol. The van der Waals surface area contributed by atoms with Crippen LogP contribution in [0, 0.1) is 0 Å². The largest absolute Gasteiger partial charge is 0.385 e. The molecule has 0 heterocycles. The highest BCUT2D eigenvalue weighted by Gasteiger charge is 2.01. The number of hydrogen-bond donors (Lipinski definition) is 2. The number of guanidine groups is 1. The quantitative estimate of drug-likeness (QED) is 0.384. The maximum atomic E-state index is 5.07. The summed E-state index contributed by atoms with van der Waals surface area (Å²) in [7, 11) is 9.76. The SMILES string of the molecule is CN=C(NCCN(C)CCCOC)NCc1ccc(N(C)C)cc1. The summed E-state index contributed by atoms with van der Waals surface area (Å²) in [6.07, 6.45) is 1.06. The minimum atomic E-state index is 0.761. The fraction of sp³-hybridized carbons (Fsp3) is 0.611. The second kappa shape index (κ2) is 11.7. The number of rotatable bonds is 10. The molecule has 0 saturated carbocycles. The molecule has 0 aliphatic rings. The number of nitrogens with zero attached hydrogens (tertiary/aromatic N) is 3. The van der Waals surface area contributed by atoms with Crippen LogP contribution in [0.3, 0.4) is 0 Å². The highest BCUT2D eigenvalue weighted by Crippen LogP contribution is 2.11. The van der Waals surface area contributed by atoms with Gasteiger partial charge >= 0.3 is 0 Å². The molecule has 0 aliphatic heterocycles. The number of nitrogens with one attached hydrogen (secondary N) is 2. The first-order valence-corrected chi connectivity index (χ1v) is 8.45. The van der Waals surface area contributed by atoms with Crippen molar-refractivity contribution in [2.45, 2.75) is 13.0 Å². The van der Waals surface area contributed by atoms with E-state index < -0.39 is 0 Å². The van der Waals surface area contributed by atoms with E-state index in [1.807, 2.05) is 14.1 Å². The third kappa shape index (κ3) is 8.17. The van der Waals surface area contributed by atoms with Crippen molar-refractivity contribution in [3.8, 4) is 0 Å². The topological polar surface area (TPSA) is 52.1 Å². The summed E-state index contributed by atoms with van der Waals surface area (Å²) in [6.45, 7) is 4.45. The second-order valence-corrected chi connectivity index (χ2v) is 6.06. The van der Waals surface area contributed by atoms with Crippen LogP contribution in [0.15, 0.2) is 29.3 Å². The lowest BCUT2D eigenvalue weighted by molar-refractivity contribution is 0.180.